The fraction of sp³-hybridized carbons (Fsp3) is 0.524. The molecule has 0 fully saturated rings. The third kappa shape index (κ3) is 5.46. The lowest BCUT2D eigenvalue weighted by molar-refractivity contribution is -0.149. The molecule has 25 heavy (non-hydrogen) atoms. The van der Waals surface area contributed by atoms with Crippen LogP contribution in [0.15, 0.2) is 36.4 Å². The summed E-state index contributed by atoms with van der Waals surface area (Å²) in [5.74, 6) is 0. The molecule has 0 aliphatic rings. The number of fused-ring (bicyclic) bond motifs is 1. The van der Waals surface area contributed by atoms with E-state index in [2.05, 4.69) is 6.92 Å². The van der Waals surface area contributed by atoms with Gasteiger partial charge in [-0.2, -0.15) is 13.2 Å². The van der Waals surface area contributed by atoms with Crippen molar-refractivity contribution in [2.24, 2.45) is 5.73 Å². The maximum atomic E-state index is 13.2. The van der Waals surface area contributed by atoms with Crippen LogP contribution in [0.1, 0.15) is 69.0 Å². The van der Waals surface area contributed by atoms with Crippen molar-refractivity contribution in [3.05, 3.63) is 47.5 Å². The van der Waals surface area contributed by atoms with Crippen LogP contribution in [0, 0.1) is 0 Å². The first-order chi connectivity index (χ1) is 11.9. The van der Waals surface area contributed by atoms with Crippen molar-refractivity contribution in [2.75, 3.05) is 0 Å². The Kier molecular flexibility index (Phi) is 7.30. The van der Waals surface area contributed by atoms with Crippen molar-refractivity contribution < 1.29 is 13.2 Å². The monoisotopic (exact) mass is 351 g/mol. The predicted molar refractivity (Wildman–Crippen MR) is 98.6 cm³/mol. The third-order valence-electron chi connectivity index (χ3n) is 4.79. The molecular formula is C21H28F3N. The first-order valence-corrected chi connectivity index (χ1v) is 9.28. The lowest BCUT2D eigenvalue weighted by atomic mass is 9.91. The predicted octanol–water partition coefficient (Wildman–Crippen LogP) is 6.70. The summed E-state index contributed by atoms with van der Waals surface area (Å²) in [5.41, 5.74) is 6.50. The fourth-order valence-electron chi connectivity index (χ4n) is 3.36. The van der Waals surface area contributed by atoms with Crippen LogP contribution in [0.4, 0.5) is 13.2 Å². The van der Waals surface area contributed by atoms with E-state index in [1.54, 1.807) is 12.1 Å². The zero-order chi connectivity index (χ0) is 18.3. The number of hydrogen-bond acceptors (Lipinski definition) is 1. The van der Waals surface area contributed by atoms with E-state index in [0.717, 1.165) is 35.6 Å². The molecule has 0 bridgehead atoms. The Balaban J connectivity index is 2.14. The number of aryl methyl sites for hydroxylation is 1. The highest BCUT2D eigenvalue weighted by Gasteiger charge is 2.39. The van der Waals surface area contributed by atoms with Crippen molar-refractivity contribution in [2.45, 2.75) is 70.5 Å². The fourth-order valence-corrected chi connectivity index (χ4v) is 3.36. The van der Waals surface area contributed by atoms with Crippen LogP contribution in [0.5, 0.6) is 0 Å². The highest BCUT2D eigenvalue weighted by Crippen LogP contribution is 2.35. The van der Waals surface area contributed by atoms with Gasteiger partial charge in [0.05, 0.1) is 0 Å². The molecule has 0 saturated heterocycles. The van der Waals surface area contributed by atoms with Crippen LogP contribution in [0.2, 0.25) is 0 Å². The quantitative estimate of drug-likeness (QED) is 0.500. The molecule has 1 nitrogen and oxygen atoms in total. The van der Waals surface area contributed by atoms with E-state index in [1.807, 2.05) is 24.3 Å². The largest absolute Gasteiger partial charge is 0.407 e. The second-order valence-electron chi connectivity index (χ2n) is 6.75. The Morgan fingerprint density at radius 2 is 1.52 bits per heavy atom. The molecule has 2 N–H and O–H groups in total. The van der Waals surface area contributed by atoms with Crippen LogP contribution in [-0.2, 0) is 6.42 Å². The van der Waals surface area contributed by atoms with Gasteiger partial charge in [-0.1, -0.05) is 81.8 Å². The number of hydrogen-bond donors (Lipinski definition) is 1. The van der Waals surface area contributed by atoms with E-state index in [9.17, 15) is 13.2 Å². The van der Waals surface area contributed by atoms with Gasteiger partial charge in [0, 0.05) is 0 Å². The minimum atomic E-state index is -4.42. The molecule has 2 aromatic carbocycles. The number of unbranched alkanes of at least 4 members (excludes halogenated alkanes) is 6. The molecule has 0 spiro atoms. The van der Waals surface area contributed by atoms with Gasteiger partial charge in [0.2, 0.25) is 0 Å². The second-order valence-corrected chi connectivity index (χ2v) is 6.75. The second kappa shape index (κ2) is 9.23. The summed E-state index contributed by atoms with van der Waals surface area (Å²) in [4.78, 5) is 0. The Morgan fingerprint density at radius 1 is 0.880 bits per heavy atom. The number of benzene rings is 2. The number of nitrogens with two attached hydrogens (primary N) is 1. The summed E-state index contributed by atoms with van der Waals surface area (Å²) in [6, 6.07) is 8.99. The molecule has 2 aromatic rings. The van der Waals surface area contributed by atoms with Gasteiger partial charge >= 0.3 is 6.18 Å². The van der Waals surface area contributed by atoms with E-state index in [1.165, 1.54) is 25.7 Å². The molecule has 0 aliphatic carbocycles. The molecule has 2 rings (SSSR count). The summed E-state index contributed by atoms with van der Waals surface area (Å²) < 4.78 is 39.5. The van der Waals surface area contributed by atoms with E-state index < -0.39 is 12.2 Å². The Hall–Kier alpha value is -1.55. The van der Waals surface area contributed by atoms with Gasteiger partial charge in [0.1, 0.15) is 6.04 Å². The molecule has 0 amide bonds. The molecule has 0 unspecified atom stereocenters. The normalized spacial score (nSPS) is 13.3. The van der Waals surface area contributed by atoms with E-state index in [0.29, 0.717) is 6.42 Å². The van der Waals surface area contributed by atoms with Crippen LogP contribution >= 0.6 is 0 Å². The van der Waals surface area contributed by atoms with Gasteiger partial charge in [-0.3, -0.25) is 0 Å². The smallest absolute Gasteiger partial charge is 0.316 e. The van der Waals surface area contributed by atoms with Gasteiger partial charge < -0.3 is 5.73 Å². The lowest BCUT2D eigenvalue weighted by Crippen LogP contribution is -2.29. The molecule has 138 valence electrons. The Labute approximate surface area is 148 Å². The van der Waals surface area contributed by atoms with Gasteiger partial charge in [0.15, 0.2) is 0 Å². The first kappa shape index (κ1) is 19.8. The highest BCUT2D eigenvalue weighted by atomic mass is 19.4. The number of halogens is 3. The van der Waals surface area contributed by atoms with Gasteiger partial charge in [0.25, 0.3) is 0 Å². The highest BCUT2D eigenvalue weighted by molar-refractivity contribution is 5.87. The number of rotatable bonds is 9. The van der Waals surface area contributed by atoms with Gasteiger partial charge in [-0.05, 0) is 34.7 Å². The summed E-state index contributed by atoms with van der Waals surface area (Å²) >= 11 is 0. The molecule has 4 heteroatoms. The maximum absolute atomic E-state index is 13.2. The van der Waals surface area contributed by atoms with Crippen molar-refractivity contribution in [1.82, 2.24) is 0 Å². The van der Waals surface area contributed by atoms with Crippen molar-refractivity contribution in [3.8, 4) is 0 Å². The Morgan fingerprint density at radius 3 is 2.20 bits per heavy atom. The zero-order valence-corrected chi connectivity index (χ0v) is 14.9. The van der Waals surface area contributed by atoms with Crippen molar-refractivity contribution in [1.29, 1.82) is 0 Å². The topological polar surface area (TPSA) is 26.0 Å². The minimum Gasteiger partial charge on any atom is -0.316 e. The third-order valence-corrected chi connectivity index (χ3v) is 4.79. The minimum absolute atomic E-state index is 0.220. The molecule has 0 aliphatic heterocycles. The molecule has 0 aromatic heterocycles. The first-order valence-electron chi connectivity index (χ1n) is 9.28. The molecule has 0 radical (unpaired) electrons. The standard InChI is InChI=1S/C21H28F3N/c1-2-3-4-5-6-7-8-13-18-17-12-10-9-11-16(17)14-15-19(18)20(25)21(22,23)24/h9-12,14-15,20H,2-8,13,25H2,1H3/t20-/m0/s1. The maximum Gasteiger partial charge on any atom is 0.407 e. The molecule has 0 heterocycles. The summed E-state index contributed by atoms with van der Waals surface area (Å²) in [5, 5.41) is 1.87. The molecule has 1 atom stereocenters. The summed E-state index contributed by atoms with van der Waals surface area (Å²) in [7, 11) is 0. The number of alkyl halides is 3. The van der Waals surface area contributed by atoms with E-state index in [4.69, 9.17) is 5.73 Å². The molecular weight excluding hydrogens is 323 g/mol. The Bertz CT molecular complexity index is 664. The van der Waals surface area contributed by atoms with Crippen LogP contribution in [-0.4, -0.2) is 6.18 Å². The van der Waals surface area contributed by atoms with Crippen LogP contribution < -0.4 is 5.73 Å². The average Bonchev–Trinajstić information content (AvgIpc) is 2.59. The molecule has 0 saturated carbocycles. The van der Waals surface area contributed by atoms with E-state index in [-0.39, 0.29) is 5.56 Å². The van der Waals surface area contributed by atoms with Gasteiger partial charge in [-0.25, -0.2) is 0 Å². The van der Waals surface area contributed by atoms with Crippen LogP contribution in [0.25, 0.3) is 10.8 Å². The zero-order valence-electron chi connectivity index (χ0n) is 14.9. The van der Waals surface area contributed by atoms with E-state index >= 15 is 0 Å². The summed E-state index contributed by atoms with van der Waals surface area (Å²) in [6.07, 6.45) is 4.25. The van der Waals surface area contributed by atoms with Crippen LogP contribution in [0.3, 0.4) is 0 Å². The van der Waals surface area contributed by atoms with Crippen molar-refractivity contribution in [3.63, 3.8) is 0 Å². The summed E-state index contributed by atoms with van der Waals surface area (Å²) in [6.45, 7) is 2.19. The average molecular weight is 351 g/mol. The van der Waals surface area contributed by atoms with Crippen molar-refractivity contribution >= 4 is 10.8 Å². The SMILES string of the molecule is CCCCCCCCCc1c([C@H](N)C(F)(F)F)ccc2ccccc12. The lowest BCUT2D eigenvalue weighted by Gasteiger charge is -2.21. The van der Waals surface area contributed by atoms with Gasteiger partial charge in [-0.15, -0.1) is 0 Å².